The Labute approximate surface area is 107 Å². The van der Waals surface area contributed by atoms with Crippen molar-refractivity contribution in [3.05, 3.63) is 12.2 Å². The second-order valence-corrected chi connectivity index (χ2v) is 4.59. The number of unbranched alkanes of at least 4 members (excludes halogenated alkanes) is 7. The number of carbonyl (C=O) groups excluding carboxylic acids is 1. The largest absolute Gasteiger partial charge is 0.359 e. The Morgan fingerprint density at radius 3 is 2.18 bits per heavy atom. The highest BCUT2D eigenvalue weighted by Gasteiger charge is 1.96. The zero-order valence-corrected chi connectivity index (χ0v) is 11.6. The van der Waals surface area contributed by atoms with Gasteiger partial charge in [-0.15, -0.1) is 0 Å². The molecule has 0 saturated carbocycles. The van der Waals surface area contributed by atoms with E-state index in [0.29, 0.717) is 6.42 Å². The summed E-state index contributed by atoms with van der Waals surface area (Å²) in [5.74, 6) is 0.170. The Kier molecular flexibility index (Phi) is 12.7. The van der Waals surface area contributed by atoms with Crippen LogP contribution in [0.5, 0.6) is 0 Å². The van der Waals surface area contributed by atoms with Gasteiger partial charge in [-0.3, -0.25) is 4.79 Å². The third-order valence-electron chi connectivity index (χ3n) is 2.94. The molecule has 0 unspecified atom stereocenters. The lowest BCUT2D eigenvalue weighted by atomic mass is 10.1. The maximum absolute atomic E-state index is 11.0. The highest BCUT2D eigenvalue weighted by atomic mass is 16.1. The topological polar surface area (TPSA) is 29.1 Å². The second kappa shape index (κ2) is 13.3. The summed E-state index contributed by atoms with van der Waals surface area (Å²) in [4.78, 5) is 11.0. The van der Waals surface area contributed by atoms with Crippen molar-refractivity contribution >= 4 is 5.91 Å². The molecule has 1 N–H and O–H groups in total. The first kappa shape index (κ1) is 16.2. The SMILES string of the molecule is CCCC/C=C\CCCCCCCC(=O)NC. The first-order chi connectivity index (χ1) is 8.31. The van der Waals surface area contributed by atoms with Crippen LogP contribution in [0.25, 0.3) is 0 Å². The minimum absolute atomic E-state index is 0.170. The van der Waals surface area contributed by atoms with Crippen molar-refractivity contribution in [1.29, 1.82) is 0 Å². The molecule has 0 aliphatic rings. The minimum Gasteiger partial charge on any atom is -0.359 e. The molecule has 0 aromatic rings. The van der Waals surface area contributed by atoms with Crippen LogP contribution in [0.4, 0.5) is 0 Å². The fourth-order valence-electron chi connectivity index (χ4n) is 1.76. The van der Waals surface area contributed by atoms with Crippen molar-refractivity contribution in [1.82, 2.24) is 5.32 Å². The van der Waals surface area contributed by atoms with E-state index in [9.17, 15) is 4.79 Å². The van der Waals surface area contributed by atoms with E-state index < -0.39 is 0 Å². The number of hydrogen-bond acceptors (Lipinski definition) is 1. The molecule has 0 rings (SSSR count). The molecule has 0 radical (unpaired) electrons. The summed E-state index contributed by atoms with van der Waals surface area (Å²) in [6.07, 6.45) is 16.5. The van der Waals surface area contributed by atoms with Crippen LogP contribution < -0.4 is 5.32 Å². The molecule has 0 saturated heterocycles. The summed E-state index contributed by atoms with van der Waals surface area (Å²) in [7, 11) is 1.70. The number of amides is 1. The van der Waals surface area contributed by atoms with E-state index in [-0.39, 0.29) is 5.91 Å². The van der Waals surface area contributed by atoms with Crippen molar-refractivity contribution in [2.45, 2.75) is 71.1 Å². The van der Waals surface area contributed by atoms with Crippen LogP contribution >= 0.6 is 0 Å². The summed E-state index contributed by atoms with van der Waals surface area (Å²) < 4.78 is 0. The molecule has 0 fully saturated rings. The third-order valence-corrected chi connectivity index (χ3v) is 2.94. The number of allylic oxidation sites excluding steroid dienone is 2. The first-order valence-electron chi connectivity index (χ1n) is 7.16. The van der Waals surface area contributed by atoms with Crippen LogP contribution in [-0.2, 0) is 4.79 Å². The van der Waals surface area contributed by atoms with Crippen molar-refractivity contribution in [3.63, 3.8) is 0 Å². The summed E-state index contributed by atoms with van der Waals surface area (Å²) in [5.41, 5.74) is 0. The predicted molar refractivity (Wildman–Crippen MR) is 75.1 cm³/mol. The summed E-state index contributed by atoms with van der Waals surface area (Å²) in [6.45, 7) is 2.23. The average molecular weight is 239 g/mol. The monoisotopic (exact) mass is 239 g/mol. The van der Waals surface area contributed by atoms with Gasteiger partial charge in [-0.25, -0.2) is 0 Å². The Bertz CT molecular complexity index is 199. The lowest BCUT2D eigenvalue weighted by Gasteiger charge is -2.00. The Morgan fingerprint density at radius 1 is 0.941 bits per heavy atom. The van der Waals surface area contributed by atoms with E-state index in [4.69, 9.17) is 0 Å². The molecule has 0 atom stereocenters. The maximum atomic E-state index is 11.0. The molecule has 0 spiro atoms. The lowest BCUT2D eigenvalue weighted by molar-refractivity contribution is -0.120. The van der Waals surface area contributed by atoms with Gasteiger partial charge in [0, 0.05) is 13.5 Å². The standard InChI is InChI=1S/C15H29NO/c1-3-4-5-6-7-8-9-10-11-12-13-14-15(17)16-2/h6-7H,3-5,8-14H2,1-2H3,(H,16,17)/b7-6-. The molecule has 17 heavy (non-hydrogen) atoms. The van der Waals surface area contributed by atoms with Crippen molar-refractivity contribution in [3.8, 4) is 0 Å². The summed E-state index contributed by atoms with van der Waals surface area (Å²) in [6, 6.07) is 0. The van der Waals surface area contributed by atoms with Gasteiger partial charge in [0.15, 0.2) is 0 Å². The van der Waals surface area contributed by atoms with Crippen LogP contribution in [0.3, 0.4) is 0 Å². The molecule has 1 amide bonds. The maximum Gasteiger partial charge on any atom is 0.219 e. The molecule has 0 aromatic heterocycles. The van der Waals surface area contributed by atoms with Gasteiger partial charge in [0.25, 0.3) is 0 Å². The number of hydrogen-bond donors (Lipinski definition) is 1. The van der Waals surface area contributed by atoms with Gasteiger partial charge in [0.05, 0.1) is 0 Å². The van der Waals surface area contributed by atoms with Gasteiger partial charge in [-0.05, 0) is 25.7 Å². The van der Waals surface area contributed by atoms with Gasteiger partial charge in [0.1, 0.15) is 0 Å². The fraction of sp³-hybridized carbons (Fsp3) is 0.800. The summed E-state index contributed by atoms with van der Waals surface area (Å²) >= 11 is 0. The Morgan fingerprint density at radius 2 is 1.53 bits per heavy atom. The zero-order valence-electron chi connectivity index (χ0n) is 11.6. The number of carbonyl (C=O) groups is 1. The normalized spacial score (nSPS) is 10.9. The molecular formula is C15H29NO. The van der Waals surface area contributed by atoms with Crippen molar-refractivity contribution < 1.29 is 4.79 Å². The molecule has 0 heterocycles. The van der Waals surface area contributed by atoms with Crippen LogP contribution in [0.1, 0.15) is 71.1 Å². The highest BCUT2D eigenvalue weighted by molar-refractivity contribution is 5.75. The van der Waals surface area contributed by atoms with E-state index in [1.807, 2.05) is 0 Å². The lowest BCUT2D eigenvalue weighted by Crippen LogP contribution is -2.16. The molecule has 0 aliphatic heterocycles. The van der Waals surface area contributed by atoms with Gasteiger partial charge in [-0.1, -0.05) is 51.2 Å². The van der Waals surface area contributed by atoms with Crippen LogP contribution in [0.15, 0.2) is 12.2 Å². The molecule has 2 heteroatoms. The fourth-order valence-corrected chi connectivity index (χ4v) is 1.76. The van der Waals surface area contributed by atoms with E-state index >= 15 is 0 Å². The number of nitrogens with one attached hydrogen (secondary N) is 1. The highest BCUT2D eigenvalue weighted by Crippen LogP contribution is 2.08. The third kappa shape index (κ3) is 13.1. The van der Waals surface area contributed by atoms with Gasteiger partial charge in [0.2, 0.25) is 5.91 Å². The minimum atomic E-state index is 0.170. The van der Waals surface area contributed by atoms with E-state index in [0.717, 1.165) is 6.42 Å². The summed E-state index contributed by atoms with van der Waals surface area (Å²) in [5, 5.41) is 2.65. The van der Waals surface area contributed by atoms with Gasteiger partial charge >= 0.3 is 0 Å². The average Bonchev–Trinajstić information content (AvgIpc) is 2.35. The van der Waals surface area contributed by atoms with Crippen molar-refractivity contribution in [2.75, 3.05) is 7.05 Å². The molecule has 2 nitrogen and oxygen atoms in total. The smallest absolute Gasteiger partial charge is 0.219 e. The van der Waals surface area contributed by atoms with Crippen LogP contribution in [0, 0.1) is 0 Å². The first-order valence-corrected chi connectivity index (χ1v) is 7.16. The predicted octanol–water partition coefficient (Wildman–Crippen LogP) is 4.21. The molecule has 0 aromatic carbocycles. The molecule has 0 bridgehead atoms. The van der Waals surface area contributed by atoms with Gasteiger partial charge < -0.3 is 5.32 Å². The van der Waals surface area contributed by atoms with Crippen LogP contribution in [0.2, 0.25) is 0 Å². The number of rotatable bonds is 11. The second-order valence-electron chi connectivity index (χ2n) is 4.59. The van der Waals surface area contributed by atoms with Crippen LogP contribution in [-0.4, -0.2) is 13.0 Å². The molecular weight excluding hydrogens is 210 g/mol. The van der Waals surface area contributed by atoms with E-state index in [2.05, 4.69) is 24.4 Å². The molecule has 0 aliphatic carbocycles. The zero-order chi connectivity index (χ0) is 12.8. The molecule has 100 valence electrons. The Hall–Kier alpha value is -0.790. The Balaban J connectivity index is 3.08. The van der Waals surface area contributed by atoms with Crippen molar-refractivity contribution in [2.24, 2.45) is 0 Å². The quantitative estimate of drug-likeness (QED) is 0.425. The van der Waals surface area contributed by atoms with Gasteiger partial charge in [-0.2, -0.15) is 0 Å². The van der Waals surface area contributed by atoms with E-state index in [1.165, 1.54) is 51.4 Å². The van der Waals surface area contributed by atoms with E-state index in [1.54, 1.807) is 7.05 Å².